The zero-order valence-electron chi connectivity index (χ0n) is 18.9. The number of carbonyl (C=O) groups excluding carboxylic acids is 1. The molecule has 0 fully saturated rings. The van der Waals surface area contributed by atoms with Gasteiger partial charge < -0.3 is 4.90 Å². The molecule has 0 saturated heterocycles. The molecule has 0 aliphatic heterocycles. The first-order valence-corrected chi connectivity index (χ1v) is 12.6. The van der Waals surface area contributed by atoms with Crippen molar-refractivity contribution in [3.8, 4) is 11.3 Å². The minimum absolute atomic E-state index is 0.0734. The largest absolute Gasteiger partial charge is 0.308 e. The molecule has 0 unspecified atom stereocenters. The summed E-state index contributed by atoms with van der Waals surface area (Å²) in [5, 5.41) is 1.54. The number of halogens is 1. The zero-order valence-corrected chi connectivity index (χ0v) is 21.3. The number of fused-ring (bicyclic) bond motifs is 2. The van der Waals surface area contributed by atoms with Gasteiger partial charge in [0, 0.05) is 28.5 Å². The van der Waals surface area contributed by atoms with Crippen LogP contribution in [0.25, 0.3) is 32.4 Å². The Morgan fingerprint density at radius 2 is 1.65 bits per heavy atom. The smallest absolute Gasteiger partial charge is 0.260 e. The predicted molar refractivity (Wildman–Crippen MR) is 145 cm³/mol. The second-order valence-corrected chi connectivity index (χ2v) is 10.2. The first kappa shape index (κ1) is 22.7. The molecule has 0 spiro atoms. The van der Waals surface area contributed by atoms with E-state index in [2.05, 4.69) is 20.8 Å². The molecule has 0 saturated carbocycles. The number of likely N-dealkylation sites (N-methyl/N-ethyl adjacent to an activating group) is 1. The van der Waals surface area contributed by atoms with Crippen LogP contribution < -0.4 is 4.90 Å². The van der Waals surface area contributed by atoms with E-state index in [1.807, 2.05) is 93.0 Å². The Kier molecular flexibility index (Phi) is 6.41. The number of hydrogen-bond acceptors (Lipinski definition) is 5. The Morgan fingerprint density at radius 1 is 0.882 bits per heavy atom. The van der Waals surface area contributed by atoms with Gasteiger partial charge in [-0.25, -0.2) is 9.97 Å². The van der Waals surface area contributed by atoms with Gasteiger partial charge in [0.1, 0.15) is 0 Å². The average Bonchev–Trinajstić information content (AvgIpc) is 3.26. The third-order valence-electron chi connectivity index (χ3n) is 5.60. The molecule has 5 nitrogen and oxygen atoms in total. The topological polar surface area (TPSA) is 49.3 Å². The molecule has 0 N–H and O–H groups in total. The monoisotopic (exact) mass is 530 g/mol. The standard InChI is InChI=1S/C27H23BrN4OS/c1-31(2)14-15-32(27-30-23-13-12-19(28)16-25(23)34-27)26(33)21-17-24(18-8-4-3-5-9-18)29-22-11-7-6-10-20(21)22/h3-13,16-17H,14-15H2,1-2H3. The molecule has 0 radical (unpaired) electrons. The number of hydrogen-bond donors (Lipinski definition) is 0. The van der Waals surface area contributed by atoms with Crippen molar-refractivity contribution in [2.24, 2.45) is 0 Å². The molecule has 2 heterocycles. The number of para-hydroxylation sites is 1. The van der Waals surface area contributed by atoms with Crippen LogP contribution in [0.1, 0.15) is 10.4 Å². The third kappa shape index (κ3) is 4.59. The Morgan fingerprint density at radius 3 is 2.44 bits per heavy atom. The highest BCUT2D eigenvalue weighted by Gasteiger charge is 2.24. The number of anilines is 1. The van der Waals surface area contributed by atoms with Crippen molar-refractivity contribution < 1.29 is 4.79 Å². The summed E-state index contributed by atoms with van der Waals surface area (Å²) >= 11 is 5.07. The normalized spacial score (nSPS) is 11.4. The van der Waals surface area contributed by atoms with Gasteiger partial charge in [0.15, 0.2) is 5.13 Å². The highest BCUT2D eigenvalue weighted by Crippen LogP contribution is 2.33. The summed E-state index contributed by atoms with van der Waals surface area (Å²) in [5.41, 5.74) is 4.07. The molecule has 3 aromatic carbocycles. The fourth-order valence-corrected chi connectivity index (χ4v) is 5.38. The molecular weight excluding hydrogens is 508 g/mol. The van der Waals surface area contributed by atoms with Crippen LogP contribution in [0.5, 0.6) is 0 Å². The zero-order chi connectivity index (χ0) is 23.7. The number of carbonyl (C=O) groups is 1. The number of pyridine rings is 1. The fraction of sp³-hybridized carbons (Fsp3) is 0.148. The Hall–Kier alpha value is -3.13. The van der Waals surface area contributed by atoms with Crippen molar-refractivity contribution in [1.29, 1.82) is 0 Å². The first-order valence-electron chi connectivity index (χ1n) is 11.0. The molecule has 0 atom stereocenters. The minimum Gasteiger partial charge on any atom is -0.308 e. The maximum atomic E-state index is 14.1. The van der Waals surface area contributed by atoms with Gasteiger partial charge >= 0.3 is 0 Å². The van der Waals surface area contributed by atoms with Crippen LogP contribution in [0.15, 0.2) is 83.3 Å². The van der Waals surface area contributed by atoms with Gasteiger partial charge in [-0.15, -0.1) is 0 Å². The van der Waals surface area contributed by atoms with Gasteiger partial charge in [0.2, 0.25) is 0 Å². The lowest BCUT2D eigenvalue weighted by Crippen LogP contribution is -2.37. The van der Waals surface area contributed by atoms with E-state index < -0.39 is 0 Å². The number of thiazole rings is 1. The van der Waals surface area contributed by atoms with Gasteiger partial charge in [-0.05, 0) is 44.4 Å². The minimum atomic E-state index is -0.0734. The molecule has 0 bridgehead atoms. The number of amides is 1. The lowest BCUT2D eigenvalue weighted by atomic mass is 10.0. The lowest BCUT2D eigenvalue weighted by molar-refractivity contribution is 0.0986. The van der Waals surface area contributed by atoms with E-state index in [-0.39, 0.29) is 5.91 Å². The van der Waals surface area contributed by atoms with E-state index in [4.69, 9.17) is 9.97 Å². The Balaban J connectivity index is 1.64. The summed E-state index contributed by atoms with van der Waals surface area (Å²) in [6, 6.07) is 25.7. The molecule has 5 aromatic rings. The number of nitrogens with zero attached hydrogens (tertiary/aromatic N) is 4. The Labute approximate surface area is 210 Å². The van der Waals surface area contributed by atoms with Crippen LogP contribution in [0.3, 0.4) is 0 Å². The van der Waals surface area contributed by atoms with Crippen molar-refractivity contribution in [1.82, 2.24) is 14.9 Å². The molecule has 0 aliphatic rings. The summed E-state index contributed by atoms with van der Waals surface area (Å²) < 4.78 is 2.03. The van der Waals surface area contributed by atoms with Gasteiger partial charge in [0.25, 0.3) is 5.91 Å². The quantitative estimate of drug-likeness (QED) is 0.252. The molecular formula is C27H23BrN4OS. The van der Waals surface area contributed by atoms with Crippen molar-refractivity contribution >= 4 is 59.4 Å². The second-order valence-electron chi connectivity index (χ2n) is 8.31. The number of aromatic nitrogens is 2. The van der Waals surface area contributed by atoms with Crippen LogP contribution >= 0.6 is 27.3 Å². The van der Waals surface area contributed by atoms with Crippen molar-refractivity contribution in [3.63, 3.8) is 0 Å². The summed E-state index contributed by atoms with van der Waals surface area (Å²) in [5.74, 6) is -0.0734. The highest BCUT2D eigenvalue weighted by atomic mass is 79.9. The second kappa shape index (κ2) is 9.62. The van der Waals surface area contributed by atoms with Crippen molar-refractivity contribution in [2.45, 2.75) is 0 Å². The van der Waals surface area contributed by atoms with Crippen LogP contribution in [-0.4, -0.2) is 48.0 Å². The highest BCUT2D eigenvalue weighted by molar-refractivity contribution is 9.10. The molecule has 7 heteroatoms. The molecule has 34 heavy (non-hydrogen) atoms. The van der Waals surface area contributed by atoms with Gasteiger partial charge in [-0.2, -0.15) is 0 Å². The van der Waals surface area contributed by atoms with E-state index in [0.29, 0.717) is 17.2 Å². The molecule has 170 valence electrons. The molecule has 2 aromatic heterocycles. The average molecular weight is 531 g/mol. The van der Waals surface area contributed by atoms with Crippen molar-refractivity contribution in [2.75, 3.05) is 32.1 Å². The maximum absolute atomic E-state index is 14.1. The summed E-state index contributed by atoms with van der Waals surface area (Å²) in [7, 11) is 4.01. The van der Waals surface area contributed by atoms with Crippen LogP contribution in [-0.2, 0) is 0 Å². The van der Waals surface area contributed by atoms with Crippen LogP contribution in [0.2, 0.25) is 0 Å². The maximum Gasteiger partial charge on any atom is 0.260 e. The number of rotatable bonds is 6. The summed E-state index contributed by atoms with van der Waals surface area (Å²) in [6.07, 6.45) is 0. The van der Waals surface area contributed by atoms with E-state index in [9.17, 15) is 4.79 Å². The van der Waals surface area contributed by atoms with Crippen LogP contribution in [0.4, 0.5) is 5.13 Å². The predicted octanol–water partition coefficient (Wildman–Crippen LogP) is 6.48. The molecule has 1 amide bonds. The van der Waals surface area contributed by atoms with Crippen LogP contribution in [0, 0.1) is 0 Å². The van der Waals surface area contributed by atoms with Gasteiger partial charge in [-0.3, -0.25) is 9.69 Å². The van der Waals surface area contributed by atoms with E-state index in [0.717, 1.165) is 43.4 Å². The third-order valence-corrected chi connectivity index (χ3v) is 7.14. The molecule has 0 aliphatic carbocycles. The SMILES string of the molecule is CN(C)CCN(C(=O)c1cc(-c2ccccc2)nc2ccccc12)c1nc2ccc(Br)cc2s1. The van der Waals surface area contributed by atoms with Gasteiger partial charge in [-0.1, -0.05) is 75.8 Å². The van der Waals surface area contributed by atoms with E-state index in [1.165, 1.54) is 11.3 Å². The molecule has 5 rings (SSSR count). The Bertz CT molecular complexity index is 1480. The van der Waals surface area contributed by atoms with E-state index in [1.54, 1.807) is 4.90 Å². The lowest BCUT2D eigenvalue weighted by Gasteiger charge is -2.23. The van der Waals surface area contributed by atoms with E-state index >= 15 is 0 Å². The van der Waals surface area contributed by atoms with Crippen molar-refractivity contribution in [3.05, 3.63) is 88.9 Å². The number of benzene rings is 3. The van der Waals surface area contributed by atoms with Gasteiger partial charge in [0.05, 0.1) is 27.0 Å². The first-order chi connectivity index (χ1) is 16.5. The fourth-order valence-electron chi connectivity index (χ4n) is 3.84. The summed E-state index contributed by atoms with van der Waals surface area (Å²) in [4.78, 5) is 27.7. The summed E-state index contributed by atoms with van der Waals surface area (Å²) in [6.45, 7) is 1.25.